The van der Waals surface area contributed by atoms with Crippen LogP contribution in [0.2, 0.25) is 5.15 Å². The number of hydrazine groups is 1. The molecule has 0 amide bonds. The Kier molecular flexibility index (Phi) is 3.36. The van der Waals surface area contributed by atoms with Crippen molar-refractivity contribution in [2.75, 3.05) is 11.8 Å². The Bertz CT molecular complexity index is 1030. The molecule has 0 aromatic carbocycles. The SMILES string of the molecule is CCOc1ncnc2c1ncn2N(N)n1cnc2c(Cl)ncnc21. The van der Waals surface area contributed by atoms with Gasteiger partial charge in [0.15, 0.2) is 22.0 Å². The lowest BCUT2D eigenvalue weighted by Gasteiger charge is -2.20. The molecule has 24 heavy (non-hydrogen) atoms. The predicted molar refractivity (Wildman–Crippen MR) is 84.6 cm³/mol. The summed E-state index contributed by atoms with van der Waals surface area (Å²) in [5.41, 5.74) is 1.84. The molecule has 0 radical (unpaired) electrons. The molecule has 4 rings (SSSR count). The second-order valence-corrected chi connectivity index (χ2v) is 4.98. The number of hydrogen-bond acceptors (Lipinski definition) is 9. The van der Waals surface area contributed by atoms with Crippen LogP contribution in [0.5, 0.6) is 5.88 Å². The zero-order valence-electron chi connectivity index (χ0n) is 12.4. The van der Waals surface area contributed by atoms with Crippen LogP contribution in [-0.2, 0) is 0 Å². The van der Waals surface area contributed by atoms with Crippen molar-refractivity contribution in [2.24, 2.45) is 5.84 Å². The third-order valence-corrected chi connectivity index (χ3v) is 3.55. The molecule has 0 fully saturated rings. The number of rotatable bonds is 4. The molecule has 0 bridgehead atoms. The molecule has 11 nitrogen and oxygen atoms in total. The van der Waals surface area contributed by atoms with Crippen LogP contribution in [0.4, 0.5) is 0 Å². The van der Waals surface area contributed by atoms with E-state index in [0.717, 1.165) is 0 Å². The van der Waals surface area contributed by atoms with Crippen molar-refractivity contribution in [3.63, 3.8) is 0 Å². The van der Waals surface area contributed by atoms with Gasteiger partial charge in [-0.3, -0.25) is 0 Å². The first-order chi connectivity index (χ1) is 11.7. The van der Waals surface area contributed by atoms with Crippen molar-refractivity contribution < 1.29 is 4.74 Å². The summed E-state index contributed by atoms with van der Waals surface area (Å²) < 4.78 is 8.45. The lowest BCUT2D eigenvalue weighted by atomic mass is 10.5. The van der Waals surface area contributed by atoms with Gasteiger partial charge in [0.1, 0.15) is 30.8 Å². The quantitative estimate of drug-likeness (QED) is 0.315. The van der Waals surface area contributed by atoms with Gasteiger partial charge in [0.2, 0.25) is 5.88 Å². The fourth-order valence-electron chi connectivity index (χ4n) is 2.24. The zero-order valence-corrected chi connectivity index (χ0v) is 13.2. The summed E-state index contributed by atoms with van der Waals surface area (Å²) in [6, 6.07) is 0. The molecule has 0 saturated heterocycles. The average molecular weight is 347 g/mol. The summed E-state index contributed by atoms with van der Waals surface area (Å²) in [6.45, 7) is 2.33. The Morgan fingerprint density at radius 1 is 1.00 bits per heavy atom. The summed E-state index contributed by atoms with van der Waals surface area (Å²) in [4.78, 5) is 24.7. The van der Waals surface area contributed by atoms with E-state index < -0.39 is 0 Å². The van der Waals surface area contributed by atoms with Crippen LogP contribution < -0.4 is 15.8 Å². The molecule has 0 unspecified atom stereocenters. The maximum absolute atomic E-state index is 6.19. The van der Waals surface area contributed by atoms with E-state index in [2.05, 4.69) is 29.9 Å². The first kappa shape index (κ1) is 14.5. The molecule has 0 spiro atoms. The van der Waals surface area contributed by atoms with Gasteiger partial charge in [-0.1, -0.05) is 11.6 Å². The molecule has 0 aliphatic heterocycles. The second kappa shape index (κ2) is 5.54. The van der Waals surface area contributed by atoms with E-state index in [9.17, 15) is 0 Å². The minimum Gasteiger partial charge on any atom is -0.476 e. The van der Waals surface area contributed by atoms with E-state index in [1.807, 2.05) is 6.92 Å². The Balaban J connectivity index is 1.85. The van der Waals surface area contributed by atoms with Gasteiger partial charge < -0.3 is 4.74 Å². The molecular formula is C12H11ClN10O. The third kappa shape index (κ3) is 2.10. The fourth-order valence-corrected chi connectivity index (χ4v) is 2.42. The largest absolute Gasteiger partial charge is 0.476 e. The van der Waals surface area contributed by atoms with Crippen LogP contribution in [0.25, 0.3) is 22.3 Å². The molecular weight excluding hydrogens is 336 g/mol. The van der Waals surface area contributed by atoms with E-state index in [1.165, 1.54) is 39.9 Å². The van der Waals surface area contributed by atoms with E-state index in [0.29, 0.717) is 34.8 Å². The lowest BCUT2D eigenvalue weighted by molar-refractivity contribution is 0.330. The maximum atomic E-state index is 6.19. The van der Waals surface area contributed by atoms with Crippen LogP contribution in [0.1, 0.15) is 6.92 Å². The molecule has 122 valence electrons. The van der Waals surface area contributed by atoms with Gasteiger partial charge in [0.05, 0.1) is 6.61 Å². The standard InChI is InChI=1S/C12H11ClN10O/c1-2-24-12-8-11(17-4-18-12)22(6-20-8)23(14)21-5-19-7-9(13)15-3-16-10(7)21/h3-6H,2,14H2,1H3. The molecule has 0 aliphatic carbocycles. The monoisotopic (exact) mass is 346 g/mol. The minimum absolute atomic E-state index is 0.239. The van der Waals surface area contributed by atoms with Crippen molar-refractivity contribution in [1.82, 2.24) is 39.3 Å². The van der Waals surface area contributed by atoms with Crippen LogP contribution in [0.15, 0.2) is 25.3 Å². The molecule has 12 heteroatoms. The van der Waals surface area contributed by atoms with Crippen molar-refractivity contribution >= 4 is 33.9 Å². The highest BCUT2D eigenvalue weighted by Gasteiger charge is 2.17. The number of hydrogen-bond donors (Lipinski definition) is 1. The first-order valence-electron chi connectivity index (χ1n) is 6.90. The summed E-state index contributed by atoms with van der Waals surface area (Å²) >= 11 is 6.01. The highest BCUT2D eigenvalue weighted by atomic mass is 35.5. The van der Waals surface area contributed by atoms with Crippen LogP contribution in [0.3, 0.4) is 0 Å². The van der Waals surface area contributed by atoms with Gasteiger partial charge in [0.25, 0.3) is 0 Å². The van der Waals surface area contributed by atoms with Crippen molar-refractivity contribution in [3.05, 3.63) is 30.5 Å². The Morgan fingerprint density at radius 3 is 2.33 bits per heavy atom. The lowest BCUT2D eigenvalue weighted by Crippen LogP contribution is -2.45. The maximum Gasteiger partial charge on any atom is 0.245 e. The number of nitrogens with zero attached hydrogens (tertiary/aromatic N) is 9. The third-order valence-electron chi connectivity index (χ3n) is 3.28. The number of nitrogens with two attached hydrogens (primary N) is 1. The minimum atomic E-state index is 0.239. The number of aromatic nitrogens is 8. The number of halogens is 1. The van der Waals surface area contributed by atoms with E-state index in [4.69, 9.17) is 22.2 Å². The van der Waals surface area contributed by atoms with E-state index >= 15 is 0 Å². The van der Waals surface area contributed by atoms with E-state index in [1.54, 1.807) is 0 Å². The first-order valence-corrected chi connectivity index (χ1v) is 7.28. The van der Waals surface area contributed by atoms with E-state index in [-0.39, 0.29) is 5.15 Å². The normalized spacial score (nSPS) is 11.3. The van der Waals surface area contributed by atoms with Crippen molar-refractivity contribution in [2.45, 2.75) is 6.92 Å². The highest BCUT2D eigenvalue weighted by molar-refractivity contribution is 6.33. The number of imidazole rings is 2. The highest BCUT2D eigenvalue weighted by Crippen LogP contribution is 2.21. The molecule has 4 aromatic heterocycles. The summed E-state index contributed by atoms with van der Waals surface area (Å²) in [6.07, 6.45) is 5.68. The van der Waals surface area contributed by atoms with Crippen molar-refractivity contribution in [3.8, 4) is 5.88 Å². The van der Waals surface area contributed by atoms with Gasteiger partial charge in [0, 0.05) is 0 Å². The molecule has 4 heterocycles. The molecule has 0 aliphatic rings. The Labute approximate surface area is 139 Å². The van der Waals surface area contributed by atoms with Crippen molar-refractivity contribution in [1.29, 1.82) is 0 Å². The zero-order chi connectivity index (χ0) is 16.7. The summed E-state index contributed by atoms with van der Waals surface area (Å²) in [7, 11) is 0. The van der Waals surface area contributed by atoms with Crippen LogP contribution in [-0.4, -0.2) is 45.9 Å². The van der Waals surface area contributed by atoms with Crippen LogP contribution in [0, 0.1) is 0 Å². The molecule has 2 N–H and O–H groups in total. The van der Waals surface area contributed by atoms with Crippen LogP contribution >= 0.6 is 11.6 Å². The van der Waals surface area contributed by atoms with Gasteiger partial charge in [-0.05, 0) is 6.92 Å². The molecule has 0 saturated carbocycles. The number of ether oxygens (including phenoxy) is 1. The summed E-state index contributed by atoms with van der Waals surface area (Å²) in [5, 5.41) is 1.49. The molecule has 4 aromatic rings. The topological polar surface area (TPSA) is 126 Å². The average Bonchev–Trinajstić information content (AvgIpc) is 3.20. The number of fused-ring (bicyclic) bond motifs is 2. The predicted octanol–water partition coefficient (Wildman–Crippen LogP) is 0.293. The smallest absolute Gasteiger partial charge is 0.245 e. The Morgan fingerprint density at radius 2 is 1.62 bits per heavy atom. The summed E-state index contributed by atoms with van der Waals surface area (Å²) in [5.74, 6) is 6.57. The second-order valence-electron chi connectivity index (χ2n) is 4.62. The van der Waals surface area contributed by atoms with Gasteiger partial charge in [-0.15, -0.1) is 5.23 Å². The van der Waals surface area contributed by atoms with Gasteiger partial charge in [-0.2, -0.15) is 14.3 Å². The van der Waals surface area contributed by atoms with Gasteiger partial charge >= 0.3 is 0 Å². The van der Waals surface area contributed by atoms with Gasteiger partial charge in [-0.25, -0.2) is 30.8 Å². The fraction of sp³-hybridized carbons (Fsp3) is 0.167. The molecule has 0 atom stereocenters. The Hall–Kier alpha value is -3.05.